The number of allylic oxidation sites excluding steroid dienone is 2. The molecule has 0 radical (unpaired) electrons. The van der Waals surface area contributed by atoms with Gasteiger partial charge in [-0.25, -0.2) is 0 Å². The zero-order valence-electron chi connectivity index (χ0n) is 35.9. The van der Waals surface area contributed by atoms with E-state index >= 15 is 0 Å². The van der Waals surface area contributed by atoms with Gasteiger partial charge in [0.15, 0.2) is 6.10 Å². The average molecular weight is 788 g/mol. The third-order valence-electron chi connectivity index (χ3n) is 9.79. The van der Waals surface area contributed by atoms with Crippen LogP contribution < -0.4 is 4.89 Å². The van der Waals surface area contributed by atoms with Crippen LogP contribution in [0.2, 0.25) is 0 Å². The van der Waals surface area contributed by atoms with E-state index in [1.165, 1.54) is 122 Å². The Morgan fingerprint density at radius 1 is 0.556 bits per heavy atom. The first-order valence-corrected chi connectivity index (χ1v) is 23.9. The Labute approximate surface area is 333 Å². The molecule has 0 saturated heterocycles. The predicted octanol–water partition coefficient (Wildman–Crippen LogP) is 11.9. The quantitative estimate of drug-likeness (QED) is 0.0198. The third kappa shape index (κ3) is 40.4. The van der Waals surface area contributed by atoms with Crippen molar-refractivity contribution in [3.05, 3.63) is 12.2 Å². The van der Waals surface area contributed by atoms with Crippen LogP contribution in [0.5, 0.6) is 0 Å². The fourth-order valence-electron chi connectivity index (χ4n) is 6.24. The van der Waals surface area contributed by atoms with Crippen molar-refractivity contribution in [1.82, 2.24) is 0 Å². The van der Waals surface area contributed by atoms with Crippen molar-refractivity contribution in [2.75, 3.05) is 47.5 Å². The SMILES string of the molecule is CCCCCCC/C=C/CCCCCCCC(=O)OC[C@H](COP(=O)([O-])OCC[N+](C)(C)C)OC(=O)CCCCCCCCCCCCCCCCCC. The van der Waals surface area contributed by atoms with Crippen LogP contribution in [0.15, 0.2) is 12.2 Å². The van der Waals surface area contributed by atoms with Gasteiger partial charge in [0.1, 0.15) is 19.8 Å². The van der Waals surface area contributed by atoms with E-state index in [9.17, 15) is 19.0 Å². The number of hydrogen-bond acceptors (Lipinski definition) is 8. The number of quaternary nitrogens is 1. The largest absolute Gasteiger partial charge is 0.756 e. The number of ether oxygens (including phenoxy) is 2. The standard InChI is InChI=1S/C44H86NO8P/c1-6-8-10-12-14-16-18-20-22-23-25-27-29-31-33-35-37-44(47)53-42(41-52-54(48,49)51-39-38-45(3,4)5)40-50-43(46)36-34-32-30-28-26-24-21-19-17-15-13-11-9-7-2/h19,21,42H,6-18,20,22-41H2,1-5H3/b21-19+/t42-/m1/s1. The molecule has 54 heavy (non-hydrogen) atoms. The zero-order chi connectivity index (χ0) is 40.0. The van der Waals surface area contributed by atoms with Gasteiger partial charge in [0.25, 0.3) is 7.82 Å². The highest BCUT2D eigenvalue weighted by Crippen LogP contribution is 2.38. The molecule has 0 saturated carbocycles. The van der Waals surface area contributed by atoms with Gasteiger partial charge in [0.2, 0.25) is 0 Å². The normalized spacial score (nSPS) is 13.7. The van der Waals surface area contributed by atoms with E-state index in [0.29, 0.717) is 17.4 Å². The molecular weight excluding hydrogens is 701 g/mol. The number of phosphoric ester groups is 1. The molecule has 0 N–H and O–H groups in total. The van der Waals surface area contributed by atoms with Crippen LogP contribution in [0, 0.1) is 0 Å². The summed E-state index contributed by atoms with van der Waals surface area (Å²) in [5, 5.41) is 0. The van der Waals surface area contributed by atoms with E-state index in [-0.39, 0.29) is 32.0 Å². The molecule has 0 aliphatic rings. The van der Waals surface area contributed by atoms with E-state index in [4.69, 9.17) is 18.5 Å². The van der Waals surface area contributed by atoms with Crippen LogP contribution in [0.1, 0.15) is 206 Å². The number of nitrogens with zero attached hydrogens (tertiary/aromatic N) is 1. The van der Waals surface area contributed by atoms with Gasteiger partial charge in [-0.05, 0) is 38.5 Å². The fraction of sp³-hybridized carbons (Fsp3) is 0.909. The molecule has 0 rings (SSSR count). The Hall–Kier alpha value is -1.25. The number of carbonyl (C=O) groups excluding carboxylic acids is 2. The van der Waals surface area contributed by atoms with E-state index < -0.39 is 26.5 Å². The minimum absolute atomic E-state index is 0.0289. The second-order valence-electron chi connectivity index (χ2n) is 16.4. The first-order chi connectivity index (χ1) is 26.0. The van der Waals surface area contributed by atoms with E-state index in [1.54, 1.807) is 0 Å². The fourth-order valence-corrected chi connectivity index (χ4v) is 6.97. The van der Waals surface area contributed by atoms with Gasteiger partial charge < -0.3 is 27.9 Å². The Morgan fingerprint density at radius 3 is 1.37 bits per heavy atom. The Bertz CT molecular complexity index is 938. The van der Waals surface area contributed by atoms with Gasteiger partial charge in [-0.15, -0.1) is 0 Å². The van der Waals surface area contributed by atoms with Crippen molar-refractivity contribution >= 4 is 19.8 Å². The molecule has 1 unspecified atom stereocenters. The summed E-state index contributed by atoms with van der Waals surface area (Å²) in [6.45, 7) is 4.23. The molecule has 2 atom stereocenters. The molecule has 0 fully saturated rings. The maximum absolute atomic E-state index is 12.7. The molecule has 10 heteroatoms. The van der Waals surface area contributed by atoms with Crippen molar-refractivity contribution in [3.8, 4) is 0 Å². The minimum atomic E-state index is -4.62. The summed E-state index contributed by atoms with van der Waals surface area (Å²) in [5.41, 5.74) is 0. The summed E-state index contributed by atoms with van der Waals surface area (Å²) < 4.78 is 33.9. The van der Waals surface area contributed by atoms with Crippen LogP contribution in [-0.4, -0.2) is 70.0 Å². The zero-order valence-corrected chi connectivity index (χ0v) is 36.8. The molecular formula is C44H86NO8P. The highest BCUT2D eigenvalue weighted by molar-refractivity contribution is 7.45. The van der Waals surface area contributed by atoms with Gasteiger partial charge in [-0.3, -0.25) is 14.2 Å². The van der Waals surface area contributed by atoms with Gasteiger partial charge in [-0.1, -0.05) is 167 Å². The van der Waals surface area contributed by atoms with Gasteiger partial charge in [0.05, 0.1) is 27.7 Å². The molecule has 320 valence electrons. The number of hydrogen-bond donors (Lipinski definition) is 0. The lowest BCUT2D eigenvalue weighted by Crippen LogP contribution is -2.37. The Balaban J connectivity index is 4.33. The van der Waals surface area contributed by atoms with Crippen LogP contribution in [0.3, 0.4) is 0 Å². The van der Waals surface area contributed by atoms with Gasteiger partial charge in [-0.2, -0.15) is 0 Å². The number of rotatable bonds is 41. The number of esters is 2. The molecule has 0 amide bonds. The summed E-state index contributed by atoms with van der Waals surface area (Å²) >= 11 is 0. The lowest BCUT2D eigenvalue weighted by atomic mass is 10.0. The maximum Gasteiger partial charge on any atom is 0.306 e. The number of carbonyl (C=O) groups is 2. The molecule has 0 aliphatic heterocycles. The molecule has 0 aromatic heterocycles. The minimum Gasteiger partial charge on any atom is -0.756 e. The van der Waals surface area contributed by atoms with Crippen molar-refractivity contribution in [1.29, 1.82) is 0 Å². The smallest absolute Gasteiger partial charge is 0.306 e. The predicted molar refractivity (Wildman–Crippen MR) is 222 cm³/mol. The molecule has 0 heterocycles. The van der Waals surface area contributed by atoms with Crippen LogP contribution in [-0.2, 0) is 32.7 Å². The molecule has 0 spiro atoms. The number of unbranched alkanes of at least 4 members (excludes halogenated alkanes) is 25. The van der Waals surface area contributed by atoms with E-state index in [1.807, 2.05) is 21.1 Å². The van der Waals surface area contributed by atoms with Gasteiger partial charge >= 0.3 is 11.9 Å². The van der Waals surface area contributed by atoms with Crippen molar-refractivity contribution in [2.24, 2.45) is 0 Å². The topological polar surface area (TPSA) is 111 Å². The number of likely N-dealkylation sites (N-methyl/N-ethyl adjacent to an activating group) is 1. The molecule has 0 bridgehead atoms. The monoisotopic (exact) mass is 788 g/mol. The average Bonchev–Trinajstić information content (AvgIpc) is 3.12. The summed E-state index contributed by atoms with van der Waals surface area (Å²) in [6.07, 6.45) is 38.0. The first kappa shape index (κ1) is 52.8. The highest BCUT2D eigenvalue weighted by Gasteiger charge is 2.21. The molecule has 0 aromatic carbocycles. The lowest BCUT2D eigenvalue weighted by Gasteiger charge is -2.28. The third-order valence-corrected chi connectivity index (χ3v) is 10.7. The Morgan fingerprint density at radius 2 is 0.944 bits per heavy atom. The first-order valence-electron chi connectivity index (χ1n) is 22.4. The second kappa shape index (κ2) is 37.3. The van der Waals surface area contributed by atoms with Crippen molar-refractivity contribution in [2.45, 2.75) is 213 Å². The molecule has 9 nitrogen and oxygen atoms in total. The molecule has 0 aliphatic carbocycles. The lowest BCUT2D eigenvalue weighted by molar-refractivity contribution is -0.870. The summed E-state index contributed by atoms with van der Waals surface area (Å²) in [7, 11) is 1.17. The van der Waals surface area contributed by atoms with Crippen LogP contribution in [0.4, 0.5) is 0 Å². The van der Waals surface area contributed by atoms with Gasteiger partial charge in [0, 0.05) is 12.8 Å². The number of phosphoric acid groups is 1. The second-order valence-corrected chi connectivity index (χ2v) is 17.8. The summed E-state index contributed by atoms with van der Waals surface area (Å²) in [4.78, 5) is 37.5. The van der Waals surface area contributed by atoms with Crippen LogP contribution >= 0.6 is 7.82 Å². The Kier molecular flexibility index (Phi) is 36.5. The van der Waals surface area contributed by atoms with E-state index in [0.717, 1.165) is 51.4 Å². The summed E-state index contributed by atoms with van der Waals surface area (Å²) in [6, 6.07) is 0. The molecule has 0 aromatic rings. The maximum atomic E-state index is 12.7. The van der Waals surface area contributed by atoms with Crippen molar-refractivity contribution in [3.63, 3.8) is 0 Å². The van der Waals surface area contributed by atoms with Crippen LogP contribution in [0.25, 0.3) is 0 Å². The highest BCUT2D eigenvalue weighted by atomic mass is 31.2. The van der Waals surface area contributed by atoms with E-state index in [2.05, 4.69) is 26.0 Å². The summed E-state index contributed by atoms with van der Waals surface area (Å²) in [5.74, 6) is -0.835. The van der Waals surface area contributed by atoms with Crippen molar-refractivity contribution < 1.29 is 42.1 Å².